The second kappa shape index (κ2) is 11.7. The number of benzene rings is 2. The zero-order chi connectivity index (χ0) is 31.9. The Hall–Kier alpha value is -5.28. The molecule has 6 rings (SSSR count). The lowest BCUT2D eigenvalue weighted by Crippen LogP contribution is -2.27. The second-order valence-electron chi connectivity index (χ2n) is 11.4. The maximum absolute atomic E-state index is 15.6. The predicted molar refractivity (Wildman–Crippen MR) is 156 cm³/mol. The van der Waals surface area contributed by atoms with Crippen molar-refractivity contribution < 1.29 is 32.5 Å². The number of rotatable bonds is 8. The lowest BCUT2D eigenvalue weighted by molar-refractivity contribution is 0.0690. The van der Waals surface area contributed by atoms with Crippen molar-refractivity contribution in [3.63, 3.8) is 0 Å². The summed E-state index contributed by atoms with van der Waals surface area (Å²) in [6.07, 6.45) is 1.28. The second-order valence-corrected chi connectivity index (χ2v) is 11.4. The number of aromatic nitrogens is 4. The van der Waals surface area contributed by atoms with Gasteiger partial charge in [0.15, 0.2) is 0 Å². The molecule has 1 aliphatic rings. The highest BCUT2D eigenvalue weighted by Crippen LogP contribution is 2.40. The number of aromatic carboxylic acids is 1. The molecule has 1 fully saturated rings. The summed E-state index contributed by atoms with van der Waals surface area (Å²) in [6.45, 7) is 4.65. The van der Waals surface area contributed by atoms with E-state index >= 15 is 8.78 Å². The number of halogens is 3. The highest BCUT2D eigenvalue weighted by molar-refractivity contribution is 5.90. The molecule has 1 aliphatic heterocycles. The molecule has 0 aliphatic carbocycles. The molecular weight excluding hydrogens is 587 g/mol. The molecule has 12 heteroatoms. The number of fused-ring (bicyclic) bond motifs is 1. The maximum Gasteiger partial charge on any atom is 0.354 e. The fourth-order valence-electron chi connectivity index (χ4n) is 5.44. The predicted octanol–water partition coefficient (Wildman–Crippen LogP) is 6.25. The van der Waals surface area contributed by atoms with Gasteiger partial charge in [-0.05, 0) is 42.0 Å². The molecule has 1 saturated heterocycles. The van der Waals surface area contributed by atoms with Gasteiger partial charge >= 0.3 is 5.97 Å². The molecule has 0 amide bonds. The first-order valence-corrected chi connectivity index (χ1v) is 14.0. The molecule has 228 valence electrons. The quantitative estimate of drug-likeness (QED) is 0.218. The van der Waals surface area contributed by atoms with Gasteiger partial charge in [-0.2, -0.15) is 5.26 Å². The number of nitriles is 1. The van der Waals surface area contributed by atoms with Crippen molar-refractivity contribution >= 4 is 17.0 Å². The van der Waals surface area contributed by atoms with E-state index in [1.165, 1.54) is 36.5 Å². The van der Waals surface area contributed by atoms with E-state index in [-0.39, 0.29) is 64.0 Å². The Bertz CT molecular complexity index is 2000. The van der Waals surface area contributed by atoms with E-state index in [1.54, 1.807) is 6.07 Å². The molecular formula is C33H26F3N5O4. The molecule has 1 unspecified atom stereocenters. The number of carboxylic acids is 1. The highest BCUT2D eigenvalue weighted by Gasteiger charge is 2.39. The molecule has 1 atom stereocenters. The van der Waals surface area contributed by atoms with Crippen LogP contribution in [0.3, 0.4) is 0 Å². The number of ether oxygens (including phenoxy) is 2. The summed E-state index contributed by atoms with van der Waals surface area (Å²) in [5, 5.41) is 18.4. The van der Waals surface area contributed by atoms with Gasteiger partial charge in [-0.3, -0.25) is 0 Å². The van der Waals surface area contributed by atoms with Gasteiger partial charge in [0.05, 0.1) is 48.3 Å². The first kappa shape index (κ1) is 29.8. The Morgan fingerprint density at radius 1 is 1.09 bits per heavy atom. The third-order valence-corrected chi connectivity index (χ3v) is 7.87. The first-order chi connectivity index (χ1) is 21.5. The molecule has 2 aromatic carbocycles. The topological polar surface area (TPSA) is 123 Å². The van der Waals surface area contributed by atoms with Gasteiger partial charge in [0.2, 0.25) is 5.88 Å². The van der Waals surface area contributed by atoms with E-state index in [1.807, 2.05) is 24.5 Å². The van der Waals surface area contributed by atoms with Gasteiger partial charge in [-0.15, -0.1) is 0 Å². The Balaban J connectivity index is 1.30. The Kier molecular flexibility index (Phi) is 7.72. The van der Waals surface area contributed by atoms with Crippen molar-refractivity contribution in [2.45, 2.75) is 32.9 Å². The maximum atomic E-state index is 15.6. The Morgan fingerprint density at radius 3 is 2.60 bits per heavy atom. The average molecular weight is 614 g/mol. The minimum Gasteiger partial charge on any atom is -0.477 e. The summed E-state index contributed by atoms with van der Waals surface area (Å²) in [6, 6.07) is 13.8. The standard InChI is InChI=1S/C33H26F3N5O4/c1-33(2)17-44-16-29(33)41-28-12-26(32(42)43)38-14-27(28)39-30(41)10-20-9-24(36)21(11-23(20)35)25-4-3-5-31(40-25)45-15-19-7-6-18(13-37)8-22(19)34/h3-9,11-12,14,29H,10,15-17H2,1-2H3,(H,42,43). The van der Waals surface area contributed by atoms with Crippen LogP contribution >= 0.6 is 0 Å². The summed E-state index contributed by atoms with van der Waals surface area (Å²) in [4.78, 5) is 24.5. The molecule has 1 N–H and O–H groups in total. The van der Waals surface area contributed by atoms with Crippen LogP contribution in [0.5, 0.6) is 5.88 Å². The van der Waals surface area contributed by atoms with E-state index in [0.717, 1.165) is 18.2 Å². The zero-order valence-corrected chi connectivity index (χ0v) is 24.2. The number of nitrogens with zero attached hydrogens (tertiary/aromatic N) is 5. The van der Waals surface area contributed by atoms with Crippen molar-refractivity contribution in [2.24, 2.45) is 5.41 Å². The molecule has 0 bridgehead atoms. The van der Waals surface area contributed by atoms with Crippen LogP contribution in [-0.2, 0) is 17.8 Å². The Labute approximate surface area is 255 Å². The summed E-state index contributed by atoms with van der Waals surface area (Å²) >= 11 is 0. The van der Waals surface area contributed by atoms with Crippen LogP contribution in [0.2, 0.25) is 0 Å². The van der Waals surface area contributed by atoms with Crippen molar-refractivity contribution in [1.29, 1.82) is 5.26 Å². The summed E-state index contributed by atoms with van der Waals surface area (Å²) in [5.74, 6) is -2.73. The normalized spacial score (nSPS) is 15.7. The van der Waals surface area contributed by atoms with Gasteiger partial charge in [-0.1, -0.05) is 26.0 Å². The average Bonchev–Trinajstić information content (AvgIpc) is 3.55. The third kappa shape index (κ3) is 5.82. The number of hydrogen-bond donors (Lipinski definition) is 1. The van der Waals surface area contributed by atoms with Gasteiger partial charge in [0.1, 0.15) is 41.1 Å². The molecule has 4 heterocycles. The van der Waals surface area contributed by atoms with Gasteiger partial charge in [0.25, 0.3) is 0 Å². The summed E-state index contributed by atoms with van der Waals surface area (Å²) < 4.78 is 58.6. The number of imidazole rings is 1. The number of pyridine rings is 2. The lowest BCUT2D eigenvalue weighted by atomic mass is 9.87. The minimum atomic E-state index is -1.19. The van der Waals surface area contributed by atoms with Crippen LogP contribution in [0.4, 0.5) is 13.2 Å². The molecule has 0 radical (unpaired) electrons. The first-order valence-electron chi connectivity index (χ1n) is 14.0. The summed E-state index contributed by atoms with van der Waals surface area (Å²) in [5.41, 5.74) is 0.881. The monoisotopic (exact) mass is 613 g/mol. The Morgan fingerprint density at radius 2 is 1.89 bits per heavy atom. The van der Waals surface area contributed by atoms with Crippen LogP contribution in [-0.4, -0.2) is 43.8 Å². The minimum absolute atomic E-state index is 0.0413. The van der Waals surface area contributed by atoms with Gasteiger partial charge < -0.3 is 19.1 Å². The van der Waals surface area contributed by atoms with Crippen LogP contribution in [0.25, 0.3) is 22.3 Å². The van der Waals surface area contributed by atoms with E-state index in [9.17, 15) is 14.3 Å². The molecule has 3 aromatic heterocycles. The van der Waals surface area contributed by atoms with Crippen LogP contribution in [0.1, 0.15) is 52.9 Å². The molecule has 0 spiro atoms. The van der Waals surface area contributed by atoms with E-state index in [2.05, 4.69) is 15.0 Å². The van der Waals surface area contributed by atoms with Gasteiger partial charge in [-0.25, -0.2) is 32.9 Å². The molecule has 0 saturated carbocycles. The van der Waals surface area contributed by atoms with Gasteiger partial charge in [0, 0.05) is 29.0 Å². The fraction of sp³-hybridized carbons (Fsp3) is 0.242. The van der Waals surface area contributed by atoms with E-state index in [0.29, 0.717) is 30.1 Å². The molecule has 45 heavy (non-hydrogen) atoms. The SMILES string of the molecule is CC1(C)COCC1n1c(Cc2cc(F)c(-c3cccc(OCc4ccc(C#N)cc4F)n3)cc2F)nc2cnc(C(=O)O)cc21. The smallest absolute Gasteiger partial charge is 0.354 e. The number of carboxylic acid groups (broad SMARTS) is 1. The third-order valence-electron chi connectivity index (χ3n) is 7.87. The number of carbonyl (C=O) groups is 1. The van der Waals surface area contributed by atoms with E-state index in [4.69, 9.17) is 14.7 Å². The van der Waals surface area contributed by atoms with Crippen LogP contribution < -0.4 is 4.74 Å². The zero-order valence-electron chi connectivity index (χ0n) is 24.2. The molecule has 5 aromatic rings. The highest BCUT2D eigenvalue weighted by atomic mass is 19.1. The van der Waals surface area contributed by atoms with Crippen molar-refractivity contribution in [3.8, 4) is 23.2 Å². The van der Waals surface area contributed by atoms with E-state index < -0.39 is 23.4 Å². The van der Waals surface area contributed by atoms with Crippen LogP contribution in [0, 0.1) is 34.2 Å². The fourth-order valence-corrected chi connectivity index (χ4v) is 5.44. The van der Waals surface area contributed by atoms with Crippen LogP contribution in [0.15, 0.2) is 60.8 Å². The summed E-state index contributed by atoms with van der Waals surface area (Å²) in [7, 11) is 0. The van der Waals surface area contributed by atoms with Crippen molar-refractivity contribution in [2.75, 3.05) is 13.2 Å². The lowest BCUT2D eigenvalue weighted by Gasteiger charge is -2.28. The largest absolute Gasteiger partial charge is 0.477 e. The van der Waals surface area contributed by atoms with Crippen molar-refractivity contribution in [1.82, 2.24) is 19.5 Å². The number of hydrogen-bond acceptors (Lipinski definition) is 7. The molecule has 9 nitrogen and oxygen atoms in total. The van der Waals surface area contributed by atoms with Crippen molar-refractivity contribution in [3.05, 3.63) is 106 Å².